The van der Waals surface area contributed by atoms with E-state index >= 15 is 0 Å². The van der Waals surface area contributed by atoms with Crippen LogP contribution in [0.5, 0.6) is 0 Å². The molecule has 1 aromatic carbocycles. The Hall–Kier alpha value is -0.561. The molecule has 4 nitrogen and oxygen atoms in total. The fourth-order valence-electron chi connectivity index (χ4n) is 7.18. The van der Waals surface area contributed by atoms with Crippen molar-refractivity contribution in [3.63, 3.8) is 0 Å². The number of hydrogen-bond donors (Lipinski definition) is 1. The van der Waals surface area contributed by atoms with Crippen LogP contribution >= 0.6 is 55.1 Å². The van der Waals surface area contributed by atoms with Gasteiger partial charge in [0, 0.05) is 0 Å². The summed E-state index contributed by atoms with van der Waals surface area (Å²) in [4.78, 5) is 13.6. The van der Waals surface area contributed by atoms with E-state index in [1.165, 1.54) is 32.1 Å². The summed E-state index contributed by atoms with van der Waals surface area (Å²) >= 11 is 20.2. The van der Waals surface area contributed by atoms with Gasteiger partial charge in [0.2, 0.25) is 0 Å². The van der Waals surface area contributed by atoms with Gasteiger partial charge in [-0.1, -0.05) is 0 Å². The SMILES string of the molecule is CC(NC(=O)c1nn(-c2ccc(Cl)cc2Cl)c(-c2ccc(Br)[se]2)c1Br)C1C2CC3CC(C2)CC1C3. The molecule has 0 saturated heterocycles. The van der Waals surface area contributed by atoms with E-state index in [0.29, 0.717) is 31.8 Å². The molecule has 9 heteroatoms. The van der Waals surface area contributed by atoms with Crippen LogP contribution in [0.3, 0.4) is 0 Å². The van der Waals surface area contributed by atoms with E-state index in [1.807, 2.05) is 6.07 Å². The van der Waals surface area contributed by atoms with Crippen molar-refractivity contribution >= 4 is 75.5 Å². The van der Waals surface area contributed by atoms with Crippen molar-refractivity contribution in [2.24, 2.45) is 29.6 Å². The summed E-state index contributed by atoms with van der Waals surface area (Å²) in [5.41, 5.74) is 1.94. The number of hydrogen-bond acceptors (Lipinski definition) is 2. The summed E-state index contributed by atoms with van der Waals surface area (Å²) in [5, 5.41) is 9.18. The number of benzene rings is 1. The molecule has 7 rings (SSSR count). The standard InChI is InChI=1S/C26H25Br2Cl2N3OSe/c1-12(22-15-7-13-6-14(9-15)10-16(22)8-13)31-26(34)24-23(28)25(20-4-5-21(27)35-20)33(32-24)19-3-2-17(29)11-18(19)30/h2-5,11-16,22H,6-10H2,1H3,(H,31,34). The monoisotopic (exact) mass is 703 g/mol. The molecule has 1 atom stereocenters. The average Bonchev–Trinajstić information content (AvgIpc) is 3.35. The van der Waals surface area contributed by atoms with Crippen LogP contribution in [0, 0.1) is 29.6 Å². The summed E-state index contributed by atoms with van der Waals surface area (Å²) in [6.07, 6.45) is 6.80. The number of nitrogens with zero attached hydrogens (tertiary/aromatic N) is 2. The van der Waals surface area contributed by atoms with Crippen LogP contribution < -0.4 is 5.32 Å². The van der Waals surface area contributed by atoms with Crippen molar-refractivity contribution in [1.82, 2.24) is 15.1 Å². The molecule has 184 valence electrons. The van der Waals surface area contributed by atoms with Crippen molar-refractivity contribution in [1.29, 1.82) is 0 Å². The Balaban J connectivity index is 1.33. The Bertz CT molecular complexity index is 1280. The number of nitrogens with one attached hydrogen (secondary N) is 1. The van der Waals surface area contributed by atoms with Gasteiger partial charge in [0.1, 0.15) is 0 Å². The molecule has 4 fully saturated rings. The molecule has 35 heavy (non-hydrogen) atoms. The summed E-state index contributed by atoms with van der Waals surface area (Å²) in [7, 11) is 0. The predicted molar refractivity (Wildman–Crippen MR) is 149 cm³/mol. The molecule has 0 radical (unpaired) electrons. The first kappa shape index (κ1) is 24.8. The van der Waals surface area contributed by atoms with Gasteiger partial charge in [-0.2, -0.15) is 0 Å². The molecule has 0 spiro atoms. The zero-order valence-electron chi connectivity index (χ0n) is 19.1. The first-order chi connectivity index (χ1) is 16.8. The van der Waals surface area contributed by atoms with Crippen LogP contribution in [-0.4, -0.2) is 36.2 Å². The fraction of sp³-hybridized carbons (Fsp3) is 0.462. The van der Waals surface area contributed by atoms with Gasteiger partial charge in [0.15, 0.2) is 0 Å². The molecule has 4 bridgehead atoms. The zero-order chi connectivity index (χ0) is 24.4. The summed E-state index contributed by atoms with van der Waals surface area (Å²) in [6, 6.07) is 9.59. The van der Waals surface area contributed by atoms with Crippen molar-refractivity contribution in [2.75, 3.05) is 0 Å². The number of carbonyl (C=O) groups is 1. The second kappa shape index (κ2) is 9.63. The molecule has 2 aromatic heterocycles. The molecule has 2 heterocycles. The maximum absolute atomic E-state index is 13.6. The average molecular weight is 705 g/mol. The molecule has 1 N–H and O–H groups in total. The normalized spacial score (nSPS) is 27.9. The van der Waals surface area contributed by atoms with E-state index < -0.39 is 0 Å². The number of halogens is 4. The maximum atomic E-state index is 13.6. The minimum absolute atomic E-state index is 0.0840. The molecular weight excluding hydrogens is 680 g/mol. The third kappa shape index (κ3) is 4.53. The van der Waals surface area contributed by atoms with E-state index in [2.05, 4.69) is 56.2 Å². The minimum atomic E-state index is -0.138. The Labute approximate surface area is 238 Å². The van der Waals surface area contributed by atoms with E-state index in [1.54, 1.807) is 16.8 Å². The van der Waals surface area contributed by atoms with Gasteiger partial charge in [-0.3, -0.25) is 0 Å². The Kier molecular flexibility index (Phi) is 6.81. The van der Waals surface area contributed by atoms with Gasteiger partial charge in [-0.25, -0.2) is 0 Å². The summed E-state index contributed by atoms with van der Waals surface area (Å²) in [6.45, 7) is 2.19. The molecular formula is C26H25Br2Cl2N3OSe. The van der Waals surface area contributed by atoms with Crippen LogP contribution in [-0.2, 0) is 0 Å². The van der Waals surface area contributed by atoms with Gasteiger partial charge in [0.25, 0.3) is 0 Å². The number of rotatable bonds is 5. The Morgan fingerprint density at radius 2 is 1.77 bits per heavy atom. The Morgan fingerprint density at radius 1 is 1.09 bits per heavy atom. The van der Waals surface area contributed by atoms with E-state index in [4.69, 9.17) is 28.3 Å². The van der Waals surface area contributed by atoms with Gasteiger partial charge in [-0.05, 0) is 0 Å². The van der Waals surface area contributed by atoms with Crippen LogP contribution in [0.2, 0.25) is 10.0 Å². The Morgan fingerprint density at radius 3 is 2.37 bits per heavy atom. The third-order valence-corrected chi connectivity index (χ3v) is 12.5. The molecule has 4 aliphatic rings. The fourth-order valence-corrected chi connectivity index (χ4v) is 11.3. The molecule has 0 aliphatic heterocycles. The van der Waals surface area contributed by atoms with Crippen LogP contribution in [0.1, 0.15) is 49.5 Å². The van der Waals surface area contributed by atoms with Crippen LogP contribution in [0.25, 0.3) is 15.8 Å². The van der Waals surface area contributed by atoms with Crippen molar-refractivity contribution in [3.05, 3.63) is 53.9 Å². The van der Waals surface area contributed by atoms with Gasteiger partial charge < -0.3 is 0 Å². The molecule has 4 aliphatic carbocycles. The topological polar surface area (TPSA) is 46.9 Å². The second-order valence-electron chi connectivity index (χ2n) is 10.4. The van der Waals surface area contributed by atoms with E-state index in [0.717, 1.165) is 37.1 Å². The van der Waals surface area contributed by atoms with E-state index in [-0.39, 0.29) is 26.5 Å². The number of aromatic nitrogens is 2. The summed E-state index contributed by atoms with van der Waals surface area (Å²) in [5.74, 6) is 3.77. The quantitative estimate of drug-likeness (QED) is 0.278. The van der Waals surface area contributed by atoms with Crippen LogP contribution in [0.15, 0.2) is 38.2 Å². The molecule has 4 saturated carbocycles. The summed E-state index contributed by atoms with van der Waals surface area (Å²) < 4.78 is 4.73. The number of carbonyl (C=O) groups excluding carboxylic acids is 1. The first-order valence-electron chi connectivity index (χ1n) is 12.1. The third-order valence-electron chi connectivity index (χ3n) is 8.22. The van der Waals surface area contributed by atoms with Crippen molar-refractivity contribution < 1.29 is 4.79 Å². The molecule has 3 aromatic rings. The zero-order valence-corrected chi connectivity index (χ0v) is 25.5. The van der Waals surface area contributed by atoms with Crippen molar-refractivity contribution in [2.45, 2.75) is 45.1 Å². The van der Waals surface area contributed by atoms with Crippen molar-refractivity contribution in [3.8, 4) is 15.8 Å². The molecule has 1 amide bonds. The van der Waals surface area contributed by atoms with E-state index in [9.17, 15) is 4.79 Å². The van der Waals surface area contributed by atoms with Gasteiger partial charge in [0.05, 0.1) is 0 Å². The predicted octanol–water partition coefficient (Wildman–Crippen LogP) is 7.62. The first-order valence-corrected chi connectivity index (χ1v) is 16.1. The van der Waals surface area contributed by atoms with Crippen LogP contribution in [0.4, 0.5) is 0 Å². The molecule has 1 unspecified atom stereocenters. The second-order valence-corrected chi connectivity index (χ2v) is 16.3. The number of amides is 1. The van der Waals surface area contributed by atoms with Gasteiger partial charge >= 0.3 is 240 Å². The van der Waals surface area contributed by atoms with Gasteiger partial charge in [-0.15, -0.1) is 0 Å².